The fourth-order valence-corrected chi connectivity index (χ4v) is 2.22. The van der Waals surface area contributed by atoms with Gasteiger partial charge in [-0.3, -0.25) is 4.99 Å². The first-order valence-electron chi connectivity index (χ1n) is 9.38. The van der Waals surface area contributed by atoms with Crippen LogP contribution in [0.1, 0.15) is 39.5 Å². The minimum Gasteiger partial charge on any atom is -0.399 e. The van der Waals surface area contributed by atoms with Crippen LogP contribution in [0.3, 0.4) is 0 Å². The highest BCUT2D eigenvalue weighted by atomic mass is 16.2. The number of hydrogen-bond acceptors (Lipinski definition) is 5. The van der Waals surface area contributed by atoms with Gasteiger partial charge in [0.25, 0.3) is 0 Å². The minimum absolute atomic E-state index is 0.294. The molecule has 0 aliphatic heterocycles. The third-order valence-electron chi connectivity index (χ3n) is 3.83. The highest BCUT2D eigenvalue weighted by Gasteiger charge is 1.99. The van der Waals surface area contributed by atoms with Crippen molar-refractivity contribution in [2.24, 2.45) is 10.7 Å². The molecule has 0 saturated carbocycles. The summed E-state index contributed by atoms with van der Waals surface area (Å²) in [6.07, 6.45) is 9.21. The van der Waals surface area contributed by atoms with E-state index in [1.54, 1.807) is 18.4 Å². The van der Waals surface area contributed by atoms with Crippen molar-refractivity contribution in [3.8, 4) is 0 Å². The molecule has 1 aromatic carbocycles. The van der Waals surface area contributed by atoms with Gasteiger partial charge in [-0.2, -0.15) is 0 Å². The second-order valence-corrected chi connectivity index (χ2v) is 5.83. The van der Waals surface area contributed by atoms with Crippen molar-refractivity contribution in [1.82, 2.24) is 0 Å². The quantitative estimate of drug-likeness (QED) is 0.243. The van der Waals surface area contributed by atoms with E-state index < -0.39 is 0 Å². The number of hydrogen-bond donors (Lipinski definition) is 3. The molecule has 5 heteroatoms. The zero-order valence-electron chi connectivity index (χ0n) is 16.4. The van der Waals surface area contributed by atoms with Crippen molar-refractivity contribution >= 4 is 17.6 Å². The lowest BCUT2D eigenvalue weighted by Gasteiger charge is -2.20. The topological polar surface area (TPSA) is 87.9 Å². The average Bonchev–Trinajstić information content (AvgIpc) is 2.66. The van der Waals surface area contributed by atoms with Gasteiger partial charge in [-0.15, -0.1) is 0 Å². The van der Waals surface area contributed by atoms with Crippen LogP contribution in [0.25, 0.3) is 0 Å². The van der Waals surface area contributed by atoms with E-state index in [-0.39, 0.29) is 0 Å². The second kappa shape index (κ2) is 16.2. The first-order valence-corrected chi connectivity index (χ1v) is 9.38. The third kappa shape index (κ3) is 12.1. The van der Waals surface area contributed by atoms with Gasteiger partial charge in [-0.1, -0.05) is 19.4 Å². The second-order valence-electron chi connectivity index (χ2n) is 5.83. The van der Waals surface area contributed by atoms with Crippen molar-refractivity contribution in [3.05, 3.63) is 48.7 Å². The summed E-state index contributed by atoms with van der Waals surface area (Å²) in [5, 5.41) is 8.53. The van der Waals surface area contributed by atoms with Crippen LogP contribution in [0.15, 0.2) is 53.7 Å². The van der Waals surface area contributed by atoms with Crippen molar-refractivity contribution in [2.75, 3.05) is 36.9 Å². The van der Waals surface area contributed by atoms with E-state index in [0.717, 1.165) is 51.0 Å². The van der Waals surface area contributed by atoms with Crippen molar-refractivity contribution in [1.29, 1.82) is 0 Å². The summed E-state index contributed by atoms with van der Waals surface area (Å²) in [4.78, 5) is 6.46. The molecular formula is C21H36N4O. The fraction of sp³-hybridized carbons (Fsp3) is 0.476. The number of aliphatic hydroxyl groups excluding tert-OH is 1. The Bertz CT molecular complexity index is 519. The minimum atomic E-state index is 0.294. The zero-order chi connectivity index (χ0) is 19.6. The standard InChI is InChI=1S/C11H20N2O.C10H16N2/c1-2-11(12)7-9-13-8-5-3-4-6-10-14;1-3-12(4-2)10-7-5-9(11)6-8-10/h2,7,9,14H,1,3-6,8,10,12H2;5-8H,3-4,11H2,1-2H3/b11-7+,13-9?;. The Hall–Kier alpha value is -2.27. The highest BCUT2D eigenvalue weighted by molar-refractivity contribution is 5.72. The first kappa shape index (κ1) is 23.7. The van der Waals surface area contributed by atoms with E-state index >= 15 is 0 Å². The van der Waals surface area contributed by atoms with Gasteiger partial charge in [0, 0.05) is 49.5 Å². The first-order chi connectivity index (χ1) is 12.6. The maximum absolute atomic E-state index is 8.53. The van der Waals surface area contributed by atoms with Crippen molar-refractivity contribution in [2.45, 2.75) is 39.5 Å². The van der Waals surface area contributed by atoms with E-state index in [1.807, 2.05) is 12.1 Å². The monoisotopic (exact) mass is 360 g/mol. The molecule has 0 radical (unpaired) electrons. The summed E-state index contributed by atoms with van der Waals surface area (Å²) < 4.78 is 0. The van der Waals surface area contributed by atoms with Gasteiger partial charge in [0.15, 0.2) is 0 Å². The molecular weight excluding hydrogens is 324 g/mol. The molecule has 0 fully saturated rings. The van der Waals surface area contributed by atoms with Gasteiger partial charge in [-0.25, -0.2) is 0 Å². The van der Waals surface area contributed by atoms with Crippen LogP contribution < -0.4 is 16.4 Å². The molecule has 5 nitrogen and oxygen atoms in total. The molecule has 5 N–H and O–H groups in total. The summed E-state index contributed by atoms with van der Waals surface area (Å²) in [5.74, 6) is 0. The van der Waals surface area contributed by atoms with Gasteiger partial charge >= 0.3 is 0 Å². The van der Waals surface area contributed by atoms with E-state index in [2.05, 4.69) is 42.5 Å². The predicted octanol–water partition coefficient (Wildman–Crippen LogP) is 3.75. The number of nitrogen functional groups attached to an aromatic ring is 1. The summed E-state index contributed by atoms with van der Waals surface area (Å²) in [6.45, 7) is 11.0. The van der Waals surface area contributed by atoms with Crippen molar-refractivity contribution < 1.29 is 5.11 Å². The molecule has 0 aromatic heterocycles. The lowest BCUT2D eigenvalue weighted by atomic mass is 10.2. The summed E-state index contributed by atoms with van der Waals surface area (Å²) >= 11 is 0. The van der Waals surface area contributed by atoms with Crippen LogP contribution in [0.5, 0.6) is 0 Å². The van der Waals surface area contributed by atoms with Gasteiger partial charge in [0.2, 0.25) is 0 Å². The van der Waals surface area contributed by atoms with Gasteiger partial charge in [0.05, 0.1) is 0 Å². The summed E-state index contributed by atoms with van der Waals surface area (Å²) in [7, 11) is 0. The number of nitrogens with two attached hydrogens (primary N) is 2. The van der Waals surface area contributed by atoms with Crippen LogP contribution in [-0.2, 0) is 0 Å². The molecule has 0 spiro atoms. The van der Waals surface area contributed by atoms with E-state index in [9.17, 15) is 0 Å². The molecule has 0 atom stereocenters. The molecule has 1 aromatic rings. The number of anilines is 2. The SMILES string of the molecule is C=C/C(N)=C\C=NCCCCCCO.CCN(CC)c1ccc(N)cc1. The Balaban J connectivity index is 0.000000485. The number of allylic oxidation sites excluding steroid dienone is 2. The van der Waals surface area contributed by atoms with Crippen LogP contribution in [0.4, 0.5) is 11.4 Å². The molecule has 146 valence electrons. The van der Waals surface area contributed by atoms with Gasteiger partial charge in [-0.05, 0) is 63.1 Å². The molecule has 0 amide bonds. The van der Waals surface area contributed by atoms with Crippen LogP contribution in [0, 0.1) is 0 Å². The largest absolute Gasteiger partial charge is 0.399 e. The Morgan fingerprint density at radius 1 is 1.12 bits per heavy atom. The molecule has 0 bridgehead atoms. The molecule has 26 heavy (non-hydrogen) atoms. The van der Waals surface area contributed by atoms with E-state index in [0.29, 0.717) is 12.3 Å². The molecule has 0 aliphatic carbocycles. The Kier molecular flexibility index (Phi) is 14.8. The van der Waals surface area contributed by atoms with Crippen LogP contribution in [-0.4, -0.2) is 37.6 Å². The predicted molar refractivity (Wildman–Crippen MR) is 116 cm³/mol. The number of benzene rings is 1. The molecule has 0 unspecified atom stereocenters. The van der Waals surface area contributed by atoms with Crippen LogP contribution in [0.2, 0.25) is 0 Å². The van der Waals surface area contributed by atoms with Crippen molar-refractivity contribution in [3.63, 3.8) is 0 Å². The zero-order valence-corrected chi connectivity index (χ0v) is 16.4. The fourth-order valence-electron chi connectivity index (χ4n) is 2.22. The van der Waals surface area contributed by atoms with Crippen LogP contribution >= 0.6 is 0 Å². The number of aliphatic imine (C=N–C) groups is 1. The van der Waals surface area contributed by atoms with Gasteiger partial charge < -0.3 is 21.5 Å². The number of nitrogens with zero attached hydrogens (tertiary/aromatic N) is 2. The maximum atomic E-state index is 8.53. The Morgan fingerprint density at radius 2 is 1.73 bits per heavy atom. The molecule has 0 heterocycles. The average molecular weight is 361 g/mol. The van der Waals surface area contributed by atoms with Gasteiger partial charge in [0.1, 0.15) is 0 Å². The molecule has 1 rings (SSSR count). The van der Waals surface area contributed by atoms with E-state index in [1.165, 1.54) is 5.69 Å². The smallest absolute Gasteiger partial charge is 0.0431 e. The normalized spacial score (nSPS) is 11.1. The Morgan fingerprint density at radius 3 is 2.27 bits per heavy atom. The number of rotatable bonds is 11. The van der Waals surface area contributed by atoms with E-state index in [4.69, 9.17) is 16.6 Å². The lowest BCUT2D eigenvalue weighted by Crippen LogP contribution is -2.21. The summed E-state index contributed by atoms with van der Waals surface area (Å²) in [6, 6.07) is 7.99. The third-order valence-corrected chi connectivity index (χ3v) is 3.83. The summed E-state index contributed by atoms with van der Waals surface area (Å²) in [5.41, 5.74) is 13.8. The Labute approximate surface area is 159 Å². The highest BCUT2D eigenvalue weighted by Crippen LogP contribution is 2.15. The maximum Gasteiger partial charge on any atom is 0.0431 e. The number of aliphatic hydroxyl groups is 1. The molecule has 0 saturated heterocycles. The lowest BCUT2D eigenvalue weighted by molar-refractivity contribution is 0.282. The molecule has 0 aliphatic rings. The number of unbranched alkanes of at least 4 members (excludes halogenated alkanes) is 3.